The van der Waals surface area contributed by atoms with Gasteiger partial charge in [0.25, 0.3) is 0 Å². The van der Waals surface area contributed by atoms with Gasteiger partial charge in [-0.1, -0.05) is 5.92 Å². The number of methoxy groups -OCH3 is 1. The van der Waals surface area contributed by atoms with Gasteiger partial charge in [-0.2, -0.15) is 0 Å². The van der Waals surface area contributed by atoms with Crippen LogP contribution in [-0.2, 0) is 14.3 Å². The highest BCUT2D eigenvalue weighted by atomic mass is 16.6. The van der Waals surface area contributed by atoms with Gasteiger partial charge in [0.2, 0.25) is 5.88 Å². The van der Waals surface area contributed by atoms with E-state index in [1.54, 1.807) is 32.9 Å². The minimum Gasteiger partial charge on any atom is -0.459 e. The highest BCUT2D eigenvalue weighted by Crippen LogP contribution is 2.19. The second kappa shape index (κ2) is 8.13. The fraction of sp³-hybridized carbons (Fsp3) is 0.500. The highest BCUT2D eigenvalue weighted by molar-refractivity contribution is 5.88. The lowest BCUT2D eigenvalue weighted by Gasteiger charge is -2.25. The summed E-state index contributed by atoms with van der Waals surface area (Å²) in [5.41, 5.74) is -0.591. The van der Waals surface area contributed by atoms with Gasteiger partial charge < -0.3 is 13.9 Å². The van der Waals surface area contributed by atoms with Gasteiger partial charge in [0, 0.05) is 25.0 Å². The SMILES string of the molecule is COC(=O)C#CCCCN(C(=O)OC(C)(C)C)c1ccco1. The zero-order valence-electron chi connectivity index (χ0n) is 13.3. The Morgan fingerprint density at radius 3 is 2.64 bits per heavy atom. The van der Waals surface area contributed by atoms with Crippen LogP contribution in [0.1, 0.15) is 33.6 Å². The number of hydrogen-bond acceptors (Lipinski definition) is 5. The summed E-state index contributed by atoms with van der Waals surface area (Å²) < 4.78 is 15.0. The molecule has 0 aliphatic heterocycles. The highest BCUT2D eigenvalue weighted by Gasteiger charge is 2.24. The van der Waals surface area contributed by atoms with Gasteiger partial charge in [0.05, 0.1) is 13.4 Å². The van der Waals surface area contributed by atoms with Crippen LogP contribution < -0.4 is 4.90 Å². The summed E-state index contributed by atoms with van der Waals surface area (Å²) in [6.45, 7) is 5.77. The molecule has 1 aromatic rings. The predicted molar refractivity (Wildman–Crippen MR) is 81.3 cm³/mol. The number of nitrogens with zero attached hydrogens (tertiary/aromatic N) is 1. The van der Waals surface area contributed by atoms with Crippen LogP contribution in [0.3, 0.4) is 0 Å². The molecule has 0 bridgehead atoms. The molecule has 0 aromatic carbocycles. The average Bonchev–Trinajstić information content (AvgIpc) is 2.94. The van der Waals surface area contributed by atoms with Crippen molar-refractivity contribution in [3.05, 3.63) is 18.4 Å². The topological polar surface area (TPSA) is 69.0 Å². The fourth-order valence-corrected chi connectivity index (χ4v) is 1.54. The number of amides is 1. The first-order chi connectivity index (χ1) is 10.3. The molecule has 6 nitrogen and oxygen atoms in total. The van der Waals surface area contributed by atoms with Gasteiger partial charge >= 0.3 is 12.1 Å². The van der Waals surface area contributed by atoms with E-state index in [9.17, 15) is 9.59 Å². The monoisotopic (exact) mass is 307 g/mol. The van der Waals surface area contributed by atoms with Gasteiger partial charge in [-0.25, -0.2) is 14.5 Å². The molecule has 0 saturated carbocycles. The summed E-state index contributed by atoms with van der Waals surface area (Å²) in [6, 6.07) is 3.38. The van der Waals surface area contributed by atoms with Gasteiger partial charge in [0.1, 0.15) is 5.60 Å². The van der Waals surface area contributed by atoms with E-state index in [2.05, 4.69) is 16.6 Å². The number of hydrogen-bond donors (Lipinski definition) is 0. The summed E-state index contributed by atoms with van der Waals surface area (Å²) in [5, 5.41) is 0. The van der Waals surface area contributed by atoms with Crippen molar-refractivity contribution in [1.82, 2.24) is 0 Å². The third-order valence-electron chi connectivity index (χ3n) is 2.45. The van der Waals surface area contributed by atoms with Crippen LogP contribution in [0.4, 0.5) is 10.7 Å². The zero-order chi connectivity index (χ0) is 16.6. The van der Waals surface area contributed by atoms with Crippen molar-refractivity contribution in [2.24, 2.45) is 0 Å². The molecular weight excluding hydrogens is 286 g/mol. The van der Waals surface area contributed by atoms with Crippen LogP contribution in [0.25, 0.3) is 0 Å². The standard InChI is InChI=1S/C16H21NO5/c1-16(2,3)22-15(19)17(13-9-8-12-21-13)11-7-5-6-10-14(18)20-4/h8-9,12H,5,7,11H2,1-4H3. The minimum atomic E-state index is -0.591. The number of unbranched alkanes of at least 4 members (excludes halogenated alkanes) is 1. The maximum atomic E-state index is 12.2. The first-order valence-corrected chi connectivity index (χ1v) is 6.94. The Hall–Kier alpha value is -2.42. The first kappa shape index (κ1) is 17.6. The lowest BCUT2D eigenvalue weighted by Crippen LogP contribution is -2.37. The van der Waals surface area contributed by atoms with E-state index < -0.39 is 17.7 Å². The second-order valence-electron chi connectivity index (χ2n) is 5.48. The van der Waals surface area contributed by atoms with Gasteiger partial charge in [0.15, 0.2) is 0 Å². The molecular formula is C16H21NO5. The van der Waals surface area contributed by atoms with E-state index in [0.717, 1.165) is 0 Å². The summed E-state index contributed by atoms with van der Waals surface area (Å²) in [7, 11) is 1.28. The molecule has 1 amide bonds. The Kier molecular flexibility index (Phi) is 6.51. The Bertz CT molecular complexity index is 545. The Labute approximate surface area is 130 Å². The molecule has 0 aliphatic rings. The van der Waals surface area contributed by atoms with E-state index in [1.807, 2.05) is 0 Å². The van der Waals surface area contributed by atoms with Crippen molar-refractivity contribution in [3.63, 3.8) is 0 Å². The molecule has 1 heterocycles. The van der Waals surface area contributed by atoms with Crippen molar-refractivity contribution < 1.29 is 23.5 Å². The molecule has 0 fully saturated rings. The van der Waals surface area contributed by atoms with E-state index in [4.69, 9.17) is 9.15 Å². The minimum absolute atomic E-state index is 0.373. The number of furan rings is 1. The van der Waals surface area contributed by atoms with Crippen molar-refractivity contribution in [2.45, 2.75) is 39.2 Å². The number of rotatable bonds is 4. The molecule has 0 radical (unpaired) electrons. The lowest BCUT2D eigenvalue weighted by molar-refractivity contribution is -0.133. The quantitative estimate of drug-likeness (QED) is 0.370. The number of carbonyl (C=O) groups is 2. The maximum Gasteiger partial charge on any atom is 0.417 e. The van der Waals surface area contributed by atoms with E-state index in [0.29, 0.717) is 25.3 Å². The van der Waals surface area contributed by atoms with Crippen LogP contribution in [-0.4, -0.2) is 31.3 Å². The maximum absolute atomic E-state index is 12.2. The number of carbonyl (C=O) groups excluding carboxylic acids is 2. The van der Waals surface area contributed by atoms with Gasteiger partial charge in [-0.3, -0.25) is 0 Å². The third kappa shape index (κ3) is 6.35. The Balaban J connectivity index is 2.62. The lowest BCUT2D eigenvalue weighted by atomic mass is 10.2. The molecule has 0 spiro atoms. The molecule has 6 heteroatoms. The molecule has 1 aromatic heterocycles. The van der Waals surface area contributed by atoms with Gasteiger partial charge in [-0.05, 0) is 33.3 Å². The normalized spacial score (nSPS) is 10.4. The van der Waals surface area contributed by atoms with E-state index in [-0.39, 0.29) is 0 Å². The average molecular weight is 307 g/mol. The largest absolute Gasteiger partial charge is 0.459 e. The fourth-order valence-electron chi connectivity index (χ4n) is 1.54. The molecule has 120 valence electrons. The zero-order valence-corrected chi connectivity index (χ0v) is 13.3. The summed E-state index contributed by atoms with van der Waals surface area (Å²) in [5.74, 6) is 4.87. The Morgan fingerprint density at radius 2 is 2.09 bits per heavy atom. The predicted octanol–water partition coefficient (Wildman–Crippen LogP) is 2.98. The van der Waals surface area contributed by atoms with Crippen molar-refractivity contribution in [2.75, 3.05) is 18.6 Å². The molecule has 22 heavy (non-hydrogen) atoms. The van der Waals surface area contributed by atoms with Crippen LogP contribution in [0, 0.1) is 11.8 Å². The van der Waals surface area contributed by atoms with Crippen molar-refractivity contribution >= 4 is 17.9 Å². The van der Waals surface area contributed by atoms with Crippen LogP contribution >= 0.6 is 0 Å². The molecule has 0 aliphatic carbocycles. The summed E-state index contributed by atoms with van der Waals surface area (Å²) >= 11 is 0. The Morgan fingerprint density at radius 1 is 1.36 bits per heavy atom. The molecule has 0 atom stereocenters. The van der Waals surface area contributed by atoms with E-state index in [1.165, 1.54) is 18.3 Å². The smallest absolute Gasteiger partial charge is 0.417 e. The molecule has 1 rings (SSSR count). The summed E-state index contributed by atoms with van der Waals surface area (Å²) in [6.07, 6.45) is 2.03. The van der Waals surface area contributed by atoms with Crippen LogP contribution in [0.2, 0.25) is 0 Å². The summed E-state index contributed by atoms with van der Waals surface area (Å²) in [4.78, 5) is 24.5. The van der Waals surface area contributed by atoms with Gasteiger partial charge in [-0.15, -0.1) is 0 Å². The first-order valence-electron chi connectivity index (χ1n) is 6.94. The number of esters is 1. The second-order valence-corrected chi connectivity index (χ2v) is 5.48. The third-order valence-corrected chi connectivity index (χ3v) is 2.45. The van der Waals surface area contributed by atoms with Crippen molar-refractivity contribution in [3.8, 4) is 11.8 Å². The molecule has 0 N–H and O–H groups in total. The molecule has 0 saturated heterocycles. The van der Waals surface area contributed by atoms with Crippen molar-refractivity contribution in [1.29, 1.82) is 0 Å². The number of ether oxygens (including phenoxy) is 2. The molecule has 0 unspecified atom stereocenters. The van der Waals surface area contributed by atoms with Crippen LogP contribution in [0.5, 0.6) is 0 Å². The van der Waals surface area contributed by atoms with Crippen LogP contribution in [0.15, 0.2) is 22.8 Å². The number of anilines is 1. The van der Waals surface area contributed by atoms with E-state index >= 15 is 0 Å².